The molecule has 0 bridgehead atoms. The van der Waals surface area contributed by atoms with Crippen LogP contribution in [0.25, 0.3) is 0 Å². The molecule has 2 rings (SSSR count). The molecule has 0 fully saturated rings. The third kappa shape index (κ3) is 2.36. The molecule has 1 aromatic carbocycles. The first-order valence-corrected chi connectivity index (χ1v) is 5.69. The molecule has 0 radical (unpaired) electrons. The molecule has 0 spiro atoms. The van der Waals surface area contributed by atoms with Gasteiger partial charge in [-0.3, -0.25) is 14.5 Å². The van der Waals surface area contributed by atoms with Gasteiger partial charge in [0.25, 0.3) is 0 Å². The third-order valence-corrected chi connectivity index (χ3v) is 2.99. The van der Waals surface area contributed by atoms with Gasteiger partial charge in [-0.2, -0.15) is 5.26 Å². The highest BCUT2D eigenvalue weighted by molar-refractivity contribution is 6.05. The molecule has 1 aromatic rings. The zero-order valence-corrected chi connectivity index (χ0v) is 10.7. The van der Waals surface area contributed by atoms with Crippen molar-refractivity contribution in [1.29, 1.82) is 5.26 Å². The Balaban J connectivity index is 2.46. The minimum absolute atomic E-state index is 0.148. The van der Waals surface area contributed by atoms with Gasteiger partial charge >= 0.3 is 5.97 Å². The van der Waals surface area contributed by atoms with E-state index in [2.05, 4.69) is 4.74 Å². The summed E-state index contributed by atoms with van der Waals surface area (Å²) in [5, 5.41) is 8.93. The summed E-state index contributed by atoms with van der Waals surface area (Å²) < 4.78 is 4.59. The fraction of sp³-hybridized carbons (Fsp3) is 0.308. The lowest BCUT2D eigenvalue weighted by Gasteiger charge is -2.34. The maximum Gasteiger partial charge on any atom is 0.325 e. The van der Waals surface area contributed by atoms with E-state index in [1.165, 1.54) is 12.0 Å². The monoisotopic (exact) mass is 259 g/mol. The largest absolute Gasteiger partial charge is 0.468 e. The third-order valence-electron chi connectivity index (χ3n) is 2.99. The van der Waals surface area contributed by atoms with E-state index in [1.807, 2.05) is 6.07 Å². The molecule has 0 saturated carbocycles. The van der Waals surface area contributed by atoms with Crippen LogP contribution in [-0.2, 0) is 14.3 Å². The Morgan fingerprint density at radius 2 is 2.21 bits per heavy atom. The van der Waals surface area contributed by atoms with E-state index in [9.17, 15) is 9.59 Å². The number of likely N-dealkylation sites (N-methyl/N-ethyl adjacent to an activating group) is 1. The molecule has 19 heavy (non-hydrogen) atoms. The summed E-state index contributed by atoms with van der Waals surface area (Å²) in [4.78, 5) is 26.5. The summed E-state index contributed by atoms with van der Waals surface area (Å²) in [6, 6.07) is 7.08. The molecule has 0 aromatic heterocycles. The maximum atomic E-state index is 12.0. The number of fused-ring (bicyclic) bond motifs is 1. The number of hydrogen-bond donors (Lipinski definition) is 0. The topological polar surface area (TPSA) is 73.6 Å². The number of anilines is 2. The molecule has 0 saturated heterocycles. The molecule has 0 atom stereocenters. The standard InChI is InChI=1S/C13H13N3O3/c1-15-7-12(17)16(8-13(18)19-2)11-5-9(6-14)3-4-10(11)15/h3-5H,7-8H2,1-2H3. The molecule has 1 aliphatic rings. The Morgan fingerprint density at radius 3 is 2.84 bits per heavy atom. The van der Waals surface area contributed by atoms with Crippen molar-refractivity contribution in [3.63, 3.8) is 0 Å². The van der Waals surface area contributed by atoms with Gasteiger partial charge in [0.05, 0.1) is 36.7 Å². The van der Waals surface area contributed by atoms with E-state index in [0.717, 1.165) is 5.69 Å². The molecular formula is C13H13N3O3. The fourth-order valence-corrected chi connectivity index (χ4v) is 2.01. The van der Waals surface area contributed by atoms with Crippen molar-refractivity contribution < 1.29 is 14.3 Å². The average molecular weight is 259 g/mol. The van der Waals surface area contributed by atoms with Crippen LogP contribution in [0.1, 0.15) is 5.56 Å². The Hall–Kier alpha value is -2.55. The second-order valence-electron chi connectivity index (χ2n) is 4.23. The number of hydrogen-bond acceptors (Lipinski definition) is 5. The van der Waals surface area contributed by atoms with Crippen molar-refractivity contribution in [2.45, 2.75) is 0 Å². The molecule has 98 valence electrons. The highest BCUT2D eigenvalue weighted by Gasteiger charge is 2.29. The molecule has 1 amide bonds. The molecule has 0 aliphatic carbocycles. The van der Waals surface area contributed by atoms with Crippen molar-refractivity contribution in [3.05, 3.63) is 23.8 Å². The number of nitrogens with zero attached hydrogens (tertiary/aromatic N) is 3. The molecule has 6 heteroatoms. The zero-order chi connectivity index (χ0) is 14.0. The minimum Gasteiger partial charge on any atom is -0.468 e. The van der Waals surface area contributed by atoms with Crippen molar-refractivity contribution in [1.82, 2.24) is 0 Å². The highest BCUT2D eigenvalue weighted by atomic mass is 16.5. The SMILES string of the molecule is COC(=O)CN1C(=O)CN(C)c2ccc(C#N)cc21. The quantitative estimate of drug-likeness (QED) is 0.724. The van der Waals surface area contributed by atoms with Gasteiger partial charge in [0.1, 0.15) is 6.54 Å². The van der Waals surface area contributed by atoms with Gasteiger partial charge in [-0.1, -0.05) is 0 Å². The normalized spacial score (nSPS) is 13.8. The van der Waals surface area contributed by atoms with Crippen LogP contribution in [0.3, 0.4) is 0 Å². The van der Waals surface area contributed by atoms with Gasteiger partial charge in [-0.05, 0) is 18.2 Å². The first-order chi connectivity index (χ1) is 9.06. The fourth-order valence-electron chi connectivity index (χ4n) is 2.01. The van der Waals surface area contributed by atoms with E-state index in [1.54, 1.807) is 30.1 Å². The molecular weight excluding hydrogens is 246 g/mol. The zero-order valence-electron chi connectivity index (χ0n) is 10.7. The number of rotatable bonds is 2. The Bertz CT molecular complexity index is 577. The summed E-state index contributed by atoms with van der Waals surface area (Å²) in [5.74, 6) is -0.693. The predicted octanol–water partition coefficient (Wildman–Crippen LogP) is 0.514. The van der Waals surface area contributed by atoms with Crippen LogP contribution in [0.5, 0.6) is 0 Å². The van der Waals surface area contributed by atoms with Crippen LogP contribution in [0.15, 0.2) is 18.2 Å². The Morgan fingerprint density at radius 1 is 1.47 bits per heavy atom. The van der Waals surface area contributed by atoms with Crippen molar-refractivity contribution in [2.75, 3.05) is 37.0 Å². The van der Waals surface area contributed by atoms with E-state index < -0.39 is 5.97 Å². The molecule has 6 nitrogen and oxygen atoms in total. The molecule has 0 unspecified atom stereocenters. The van der Waals surface area contributed by atoms with E-state index >= 15 is 0 Å². The second kappa shape index (κ2) is 4.98. The molecule has 1 aliphatic heterocycles. The first kappa shape index (κ1) is 12.9. The van der Waals surface area contributed by atoms with Gasteiger partial charge in [0.15, 0.2) is 0 Å². The maximum absolute atomic E-state index is 12.0. The minimum atomic E-state index is -0.494. The molecule has 0 N–H and O–H groups in total. The van der Waals surface area contributed by atoms with E-state index in [4.69, 9.17) is 5.26 Å². The van der Waals surface area contributed by atoms with E-state index in [-0.39, 0.29) is 19.0 Å². The summed E-state index contributed by atoms with van der Waals surface area (Å²) in [6.07, 6.45) is 0. The van der Waals surface area contributed by atoms with Gasteiger partial charge in [-0.15, -0.1) is 0 Å². The lowest BCUT2D eigenvalue weighted by molar-refractivity contribution is -0.140. The van der Waals surface area contributed by atoms with Crippen LogP contribution < -0.4 is 9.80 Å². The van der Waals surface area contributed by atoms with Gasteiger partial charge in [0.2, 0.25) is 5.91 Å². The van der Waals surface area contributed by atoms with Crippen molar-refractivity contribution in [3.8, 4) is 6.07 Å². The Labute approximate surface area is 110 Å². The predicted molar refractivity (Wildman–Crippen MR) is 68.8 cm³/mol. The first-order valence-electron chi connectivity index (χ1n) is 5.69. The van der Waals surface area contributed by atoms with Crippen LogP contribution in [0.2, 0.25) is 0 Å². The second-order valence-corrected chi connectivity index (χ2v) is 4.23. The lowest BCUT2D eigenvalue weighted by atomic mass is 10.1. The van der Waals surface area contributed by atoms with Gasteiger partial charge in [-0.25, -0.2) is 0 Å². The van der Waals surface area contributed by atoms with Crippen LogP contribution in [-0.4, -0.2) is 39.1 Å². The van der Waals surface area contributed by atoms with Crippen molar-refractivity contribution >= 4 is 23.3 Å². The Kier molecular flexibility index (Phi) is 3.38. The number of carbonyl (C=O) groups is 2. The number of carbonyl (C=O) groups excluding carboxylic acids is 2. The average Bonchev–Trinajstić information content (AvgIpc) is 2.42. The number of ether oxygens (including phenoxy) is 1. The molecule has 1 heterocycles. The van der Waals surface area contributed by atoms with Crippen LogP contribution in [0, 0.1) is 11.3 Å². The summed E-state index contributed by atoms with van der Waals surface area (Å²) >= 11 is 0. The van der Waals surface area contributed by atoms with Crippen LogP contribution in [0.4, 0.5) is 11.4 Å². The van der Waals surface area contributed by atoms with Gasteiger partial charge in [0, 0.05) is 7.05 Å². The lowest BCUT2D eigenvalue weighted by Crippen LogP contribution is -2.46. The summed E-state index contributed by atoms with van der Waals surface area (Å²) in [5.41, 5.74) is 1.81. The van der Waals surface area contributed by atoms with E-state index in [0.29, 0.717) is 11.3 Å². The smallest absolute Gasteiger partial charge is 0.325 e. The number of amides is 1. The number of esters is 1. The highest BCUT2D eigenvalue weighted by Crippen LogP contribution is 2.33. The number of nitriles is 1. The van der Waals surface area contributed by atoms with Crippen molar-refractivity contribution in [2.24, 2.45) is 0 Å². The number of benzene rings is 1. The summed E-state index contributed by atoms with van der Waals surface area (Å²) in [6.45, 7) is 0.0426. The number of methoxy groups -OCH3 is 1. The van der Waals surface area contributed by atoms with Crippen LogP contribution >= 0.6 is 0 Å². The summed E-state index contributed by atoms with van der Waals surface area (Å²) in [7, 11) is 3.06. The van der Waals surface area contributed by atoms with Gasteiger partial charge < -0.3 is 9.64 Å².